The summed E-state index contributed by atoms with van der Waals surface area (Å²) in [4.78, 5) is 37.4. The van der Waals surface area contributed by atoms with Gasteiger partial charge < -0.3 is 4.74 Å². The zero-order chi connectivity index (χ0) is 19.1. The average molecular weight is 356 g/mol. The van der Waals surface area contributed by atoms with Crippen molar-refractivity contribution >= 4 is 17.5 Å². The van der Waals surface area contributed by atoms with Gasteiger partial charge in [-0.15, -0.1) is 0 Å². The highest BCUT2D eigenvalue weighted by Gasteiger charge is 2.66. The van der Waals surface area contributed by atoms with Gasteiger partial charge in [-0.2, -0.15) is 0 Å². The van der Waals surface area contributed by atoms with Crippen LogP contribution in [0.1, 0.15) is 60.3 Å². The summed E-state index contributed by atoms with van der Waals surface area (Å²) in [6, 6.07) is 0. The highest BCUT2D eigenvalue weighted by atomic mass is 16.5. The maximum Gasteiger partial charge on any atom is 0.308 e. The van der Waals surface area contributed by atoms with Crippen LogP contribution >= 0.6 is 0 Å². The molecule has 4 nitrogen and oxygen atoms in total. The van der Waals surface area contributed by atoms with Crippen molar-refractivity contribution in [2.24, 2.45) is 33.5 Å². The van der Waals surface area contributed by atoms with Gasteiger partial charge in [-0.1, -0.05) is 32.9 Å². The third-order valence-electron chi connectivity index (χ3n) is 7.98. The van der Waals surface area contributed by atoms with Gasteiger partial charge in [-0.05, 0) is 54.9 Å². The molecule has 2 bridgehead atoms. The van der Waals surface area contributed by atoms with Crippen molar-refractivity contribution in [1.82, 2.24) is 0 Å². The molecule has 0 amide bonds. The summed E-state index contributed by atoms with van der Waals surface area (Å²) < 4.78 is 5.33. The van der Waals surface area contributed by atoms with Crippen LogP contribution in [0.2, 0.25) is 0 Å². The lowest BCUT2D eigenvalue weighted by molar-refractivity contribution is -0.157. The second-order valence-electron chi connectivity index (χ2n) is 9.95. The van der Waals surface area contributed by atoms with Crippen LogP contribution in [0.15, 0.2) is 24.0 Å². The van der Waals surface area contributed by atoms with Crippen LogP contribution in [0, 0.1) is 33.5 Å². The SMILES string of the molecule is CC(=O)OC1=CC2(C)C3CC(=O)C4(C)C=CC3(CCC2C(C)(C)C1=O)C4. The second kappa shape index (κ2) is 4.96. The molecule has 140 valence electrons. The Labute approximate surface area is 155 Å². The van der Waals surface area contributed by atoms with E-state index < -0.39 is 11.4 Å². The quantitative estimate of drug-likeness (QED) is 0.526. The molecule has 0 saturated heterocycles. The van der Waals surface area contributed by atoms with Gasteiger partial charge in [0.2, 0.25) is 5.78 Å². The van der Waals surface area contributed by atoms with E-state index in [-0.39, 0.29) is 39.6 Å². The molecule has 4 aliphatic carbocycles. The molecule has 2 saturated carbocycles. The van der Waals surface area contributed by atoms with Crippen LogP contribution in [0.25, 0.3) is 0 Å². The maximum absolute atomic E-state index is 13.0. The van der Waals surface area contributed by atoms with Gasteiger partial charge in [-0.25, -0.2) is 0 Å². The van der Waals surface area contributed by atoms with E-state index in [4.69, 9.17) is 4.74 Å². The standard InChI is InChI=1S/C22H28O4/c1-13(23)26-14-11-21(5)15(19(2,3)18(14)25)6-7-22-9-8-20(4,12-22)17(24)10-16(21)22/h8-9,11,15-16H,6-7,10,12H2,1-5H3. The number of ether oxygens (including phenoxy) is 1. The van der Waals surface area contributed by atoms with Crippen molar-refractivity contribution < 1.29 is 19.1 Å². The summed E-state index contributed by atoms with van der Waals surface area (Å²) in [6.45, 7) is 9.48. The Morgan fingerprint density at radius 1 is 1.12 bits per heavy atom. The van der Waals surface area contributed by atoms with Gasteiger partial charge in [0.25, 0.3) is 0 Å². The topological polar surface area (TPSA) is 60.4 Å². The van der Waals surface area contributed by atoms with Crippen molar-refractivity contribution in [3.05, 3.63) is 24.0 Å². The summed E-state index contributed by atoms with van der Waals surface area (Å²) in [5.41, 5.74) is -1.27. The molecular weight excluding hydrogens is 328 g/mol. The van der Waals surface area contributed by atoms with Gasteiger partial charge in [0.05, 0.1) is 0 Å². The first-order valence-electron chi connectivity index (χ1n) is 9.64. The molecule has 2 fully saturated rings. The number of fused-ring (bicyclic) bond motifs is 3. The largest absolute Gasteiger partial charge is 0.423 e. The highest BCUT2D eigenvalue weighted by molar-refractivity contribution is 6.01. The average Bonchev–Trinajstić information content (AvgIpc) is 2.82. The van der Waals surface area contributed by atoms with E-state index in [2.05, 4.69) is 26.0 Å². The minimum absolute atomic E-state index is 0.0161. The van der Waals surface area contributed by atoms with Crippen molar-refractivity contribution in [3.8, 4) is 0 Å². The summed E-state index contributed by atoms with van der Waals surface area (Å²) in [5.74, 6) is 0.183. The lowest BCUT2D eigenvalue weighted by Crippen LogP contribution is -2.59. The summed E-state index contributed by atoms with van der Waals surface area (Å²) in [6.07, 6.45) is 9.67. The lowest BCUT2D eigenvalue weighted by atomic mass is 9.41. The van der Waals surface area contributed by atoms with E-state index in [1.54, 1.807) is 0 Å². The van der Waals surface area contributed by atoms with E-state index in [9.17, 15) is 14.4 Å². The molecule has 0 N–H and O–H groups in total. The fourth-order valence-corrected chi connectivity index (χ4v) is 6.75. The van der Waals surface area contributed by atoms with Crippen LogP contribution in [0.5, 0.6) is 0 Å². The van der Waals surface area contributed by atoms with E-state index in [1.807, 2.05) is 19.9 Å². The first-order chi connectivity index (χ1) is 11.9. The fourth-order valence-electron chi connectivity index (χ4n) is 6.75. The monoisotopic (exact) mass is 356 g/mol. The molecule has 0 heterocycles. The molecule has 0 radical (unpaired) electrons. The van der Waals surface area contributed by atoms with Gasteiger partial charge in [0.15, 0.2) is 5.76 Å². The number of hydrogen-bond acceptors (Lipinski definition) is 4. The molecule has 0 aliphatic heterocycles. The minimum Gasteiger partial charge on any atom is -0.423 e. The van der Waals surface area contributed by atoms with Crippen LogP contribution in [0.4, 0.5) is 0 Å². The number of rotatable bonds is 1. The number of esters is 1. The third-order valence-corrected chi connectivity index (χ3v) is 7.98. The Morgan fingerprint density at radius 3 is 2.46 bits per heavy atom. The third kappa shape index (κ3) is 2.04. The summed E-state index contributed by atoms with van der Waals surface area (Å²) in [7, 11) is 0. The van der Waals surface area contributed by atoms with Crippen molar-refractivity contribution in [1.29, 1.82) is 0 Å². The van der Waals surface area contributed by atoms with Gasteiger partial charge in [-0.3, -0.25) is 14.4 Å². The molecule has 0 aromatic heterocycles. The maximum atomic E-state index is 13.0. The van der Waals surface area contributed by atoms with Crippen LogP contribution in [0.3, 0.4) is 0 Å². The predicted molar refractivity (Wildman–Crippen MR) is 96.9 cm³/mol. The first kappa shape index (κ1) is 17.7. The molecule has 0 aromatic carbocycles. The van der Waals surface area contributed by atoms with Gasteiger partial charge in [0.1, 0.15) is 5.78 Å². The normalized spacial score (nSPS) is 45.7. The number of hydrogen-bond donors (Lipinski definition) is 0. The van der Waals surface area contributed by atoms with Crippen molar-refractivity contribution in [2.75, 3.05) is 0 Å². The summed E-state index contributed by atoms with van der Waals surface area (Å²) >= 11 is 0. The Bertz CT molecular complexity index is 788. The van der Waals surface area contributed by atoms with Crippen LogP contribution < -0.4 is 0 Å². The van der Waals surface area contributed by atoms with Crippen LogP contribution in [-0.4, -0.2) is 17.5 Å². The molecule has 5 unspecified atom stereocenters. The Balaban J connectivity index is 1.86. The zero-order valence-corrected chi connectivity index (χ0v) is 16.3. The zero-order valence-electron chi connectivity index (χ0n) is 16.3. The fraction of sp³-hybridized carbons (Fsp3) is 0.682. The molecular formula is C22H28O4. The van der Waals surface area contributed by atoms with Crippen molar-refractivity contribution in [3.63, 3.8) is 0 Å². The molecule has 4 aliphatic rings. The second-order valence-corrected chi connectivity index (χ2v) is 9.95. The lowest BCUT2D eigenvalue weighted by Gasteiger charge is -2.61. The number of carbonyl (C=O) groups is 3. The molecule has 5 atom stereocenters. The highest BCUT2D eigenvalue weighted by Crippen LogP contribution is 2.69. The van der Waals surface area contributed by atoms with Crippen LogP contribution in [-0.2, 0) is 19.1 Å². The van der Waals surface area contributed by atoms with E-state index in [0.717, 1.165) is 19.3 Å². The number of Topliss-reactive ketones (excluding diaryl/α,β-unsaturated/α-hetero) is 2. The number of carbonyl (C=O) groups excluding carboxylic acids is 3. The van der Waals surface area contributed by atoms with Gasteiger partial charge in [0, 0.05) is 24.2 Å². The van der Waals surface area contributed by atoms with Gasteiger partial charge >= 0.3 is 5.97 Å². The molecule has 1 spiro atoms. The minimum atomic E-state index is -0.609. The van der Waals surface area contributed by atoms with Crippen molar-refractivity contribution in [2.45, 2.75) is 60.3 Å². The predicted octanol–water partition coefficient (Wildman–Crippen LogP) is 4.00. The number of allylic oxidation sites excluding steroid dienone is 4. The van der Waals surface area contributed by atoms with E-state index >= 15 is 0 Å². The number of ketones is 2. The molecule has 26 heavy (non-hydrogen) atoms. The first-order valence-corrected chi connectivity index (χ1v) is 9.64. The smallest absolute Gasteiger partial charge is 0.308 e. The molecule has 0 aromatic rings. The Hall–Kier alpha value is -1.71. The van der Waals surface area contributed by atoms with E-state index in [0.29, 0.717) is 12.2 Å². The van der Waals surface area contributed by atoms with E-state index in [1.165, 1.54) is 6.92 Å². The molecule has 4 heteroatoms. The summed E-state index contributed by atoms with van der Waals surface area (Å²) in [5, 5.41) is 0. The Kier molecular flexibility index (Phi) is 3.38. The molecule has 4 rings (SSSR count). The Morgan fingerprint density at radius 2 is 1.81 bits per heavy atom.